The number of rotatable bonds is 1. The van der Waals surface area contributed by atoms with Crippen LogP contribution in [0.2, 0.25) is 0 Å². The van der Waals surface area contributed by atoms with E-state index in [2.05, 4.69) is 31.0 Å². The largest absolute Gasteiger partial charge is 0.312 e. The fourth-order valence-corrected chi connectivity index (χ4v) is 3.51. The Balaban J connectivity index is 2.04. The zero-order valence-corrected chi connectivity index (χ0v) is 12.0. The smallest absolute Gasteiger partial charge is 0.0280 e. The van der Waals surface area contributed by atoms with E-state index in [4.69, 9.17) is 0 Å². The summed E-state index contributed by atoms with van der Waals surface area (Å²) < 4.78 is 0. The van der Waals surface area contributed by atoms with Gasteiger partial charge in [-0.05, 0) is 40.0 Å². The highest BCUT2D eigenvalue weighted by molar-refractivity contribution is 4.92. The number of hydrogen-bond donors (Lipinski definition) is 1. The van der Waals surface area contributed by atoms with Gasteiger partial charge < -0.3 is 5.32 Å². The second-order valence-corrected chi connectivity index (χ2v) is 6.72. The van der Waals surface area contributed by atoms with Crippen LogP contribution in [0.25, 0.3) is 0 Å². The van der Waals surface area contributed by atoms with E-state index in [-0.39, 0.29) is 0 Å². The predicted molar refractivity (Wildman–Crippen MR) is 74.4 cm³/mol. The van der Waals surface area contributed by atoms with Gasteiger partial charge in [0.05, 0.1) is 0 Å². The highest BCUT2D eigenvalue weighted by atomic mass is 15.2. The first kappa shape index (κ1) is 13.4. The van der Waals surface area contributed by atoms with Crippen LogP contribution in [0.3, 0.4) is 0 Å². The first-order valence-electron chi connectivity index (χ1n) is 7.60. The molecule has 17 heavy (non-hydrogen) atoms. The van der Waals surface area contributed by atoms with Gasteiger partial charge in [0.25, 0.3) is 0 Å². The van der Waals surface area contributed by atoms with Crippen LogP contribution in [0.4, 0.5) is 0 Å². The van der Waals surface area contributed by atoms with Crippen molar-refractivity contribution in [3.63, 3.8) is 0 Å². The van der Waals surface area contributed by atoms with Gasteiger partial charge in [-0.1, -0.05) is 25.7 Å². The van der Waals surface area contributed by atoms with Crippen molar-refractivity contribution in [2.24, 2.45) is 0 Å². The van der Waals surface area contributed by atoms with Gasteiger partial charge in [0.2, 0.25) is 0 Å². The highest BCUT2D eigenvalue weighted by Gasteiger charge is 2.34. The lowest BCUT2D eigenvalue weighted by molar-refractivity contribution is 0.0708. The summed E-state index contributed by atoms with van der Waals surface area (Å²) in [7, 11) is 0. The van der Waals surface area contributed by atoms with Gasteiger partial charge in [-0.2, -0.15) is 0 Å². The minimum absolute atomic E-state index is 0.333. The first-order chi connectivity index (χ1) is 8.09. The average molecular weight is 238 g/mol. The lowest BCUT2D eigenvalue weighted by atomic mass is 9.96. The molecule has 2 heteroatoms. The number of nitrogens with one attached hydrogen (secondary N) is 1. The highest BCUT2D eigenvalue weighted by Crippen LogP contribution is 2.29. The van der Waals surface area contributed by atoms with E-state index in [9.17, 15) is 0 Å². The minimum atomic E-state index is 0.333. The Labute approximate surface area is 107 Å². The lowest BCUT2D eigenvalue weighted by Crippen LogP contribution is -2.53. The van der Waals surface area contributed by atoms with Gasteiger partial charge in [0.15, 0.2) is 0 Å². The van der Waals surface area contributed by atoms with E-state index in [1.807, 2.05) is 0 Å². The molecule has 0 radical (unpaired) electrons. The summed E-state index contributed by atoms with van der Waals surface area (Å²) in [6.45, 7) is 9.59. The first-order valence-corrected chi connectivity index (χ1v) is 7.60. The maximum absolute atomic E-state index is 3.68. The molecule has 1 unspecified atom stereocenters. The van der Waals surface area contributed by atoms with E-state index in [0.29, 0.717) is 11.6 Å². The number of hydrogen-bond acceptors (Lipinski definition) is 2. The molecule has 0 aromatic carbocycles. The van der Waals surface area contributed by atoms with Gasteiger partial charge in [0, 0.05) is 30.7 Å². The fraction of sp³-hybridized carbons (Fsp3) is 1.00. The minimum Gasteiger partial charge on any atom is -0.312 e. The van der Waals surface area contributed by atoms with Crippen LogP contribution < -0.4 is 5.32 Å². The Kier molecular flexibility index (Phi) is 4.48. The molecule has 2 aliphatic rings. The third kappa shape index (κ3) is 3.45. The monoisotopic (exact) mass is 238 g/mol. The second-order valence-electron chi connectivity index (χ2n) is 6.72. The van der Waals surface area contributed by atoms with Crippen molar-refractivity contribution in [3.05, 3.63) is 0 Å². The molecule has 1 aliphatic heterocycles. The quantitative estimate of drug-likeness (QED) is 0.706. The van der Waals surface area contributed by atoms with Crippen molar-refractivity contribution in [2.75, 3.05) is 13.1 Å². The SMILES string of the molecule is CC1CCN(C2CCCCCC2)C(C)(C)CN1. The fourth-order valence-electron chi connectivity index (χ4n) is 3.51. The summed E-state index contributed by atoms with van der Waals surface area (Å²) in [6.07, 6.45) is 9.97. The summed E-state index contributed by atoms with van der Waals surface area (Å²) in [6, 6.07) is 1.53. The molecule has 1 N–H and O–H groups in total. The van der Waals surface area contributed by atoms with Crippen molar-refractivity contribution < 1.29 is 0 Å². The van der Waals surface area contributed by atoms with Crippen LogP contribution in [0.15, 0.2) is 0 Å². The average Bonchev–Trinajstić information content (AvgIpc) is 2.60. The van der Waals surface area contributed by atoms with Crippen molar-refractivity contribution >= 4 is 0 Å². The Morgan fingerprint density at radius 1 is 1.00 bits per heavy atom. The molecule has 1 saturated carbocycles. The molecular weight excluding hydrogens is 208 g/mol. The van der Waals surface area contributed by atoms with Crippen molar-refractivity contribution in [2.45, 2.75) is 83.3 Å². The van der Waals surface area contributed by atoms with Crippen LogP contribution in [0, 0.1) is 0 Å². The molecule has 0 spiro atoms. The van der Waals surface area contributed by atoms with Crippen molar-refractivity contribution in [1.29, 1.82) is 0 Å². The Morgan fingerprint density at radius 2 is 1.65 bits per heavy atom. The molecule has 0 amide bonds. The topological polar surface area (TPSA) is 15.3 Å². The molecule has 0 bridgehead atoms. The molecule has 1 heterocycles. The zero-order valence-electron chi connectivity index (χ0n) is 12.0. The third-order valence-electron chi connectivity index (χ3n) is 4.73. The van der Waals surface area contributed by atoms with Gasteiger partial charge in [-0.15, -0.1) is 0 Å². The maximum atomic E-state index is 3.68. The Bertz CT molecular complexity index is 229. The van der Waals surface area contributed by atoms with E-state index in [0.717, 1.165) is 12.6 Å². The van der Waals surface area contributed by atoms with Crippen molar-refractivity contribution in [1.82, 2.24) is 10.2 Å². The summed E-state index contributed by atoms with van der Waals surface area (Å²) in [4.78, 5) is 2.81. The molecule has 100 valence electrons. The molecule has 1 atom stereocenters. The summed E-state index contributed by atoms with van der Waals surface area (Å²) in [5.74, 6) is 0. The van der Waals surface area contributed by atoms with E-state index in [1.54, 1.807) is 0 Å². The van der Waals surface area contributed by atoms with Gasteiger partial charge in [0.1, 0.15) is 0 Å². The van der Waals surface area contributed by atoms with Gasteiger partial charge >= 0.3 is 0 Å². The Hall–Kier alpha value is -0.0800. The molecule has 2 nitrogen and oxygen atoms in total. The Morgan fingerprint density at radius 3 is 2.29 bits per heavy atom. The van der Waals surface area contributed by atoms with Crippen LogP contribution in [-0.2, 0) is 0 Å². The standard InChI is InChI=1S/C15H30N2/c1-13-10-11-17(15(2,3)12-16-13)14-8-6-4-5-7-9-14/h13-14,16H,4-12H2,1-3H3. The van der Waals surface area contributed by atoms with Crippen LogP contribution >= 0.6 is 0 Å². The second kappa shape index (κ2) is 5.71. The lowest BCUT2D eigenvalue weighted by Gasteiger charge is -2.42. The van der Waals surface area contributed by atoms with Crippen LogP contribution in [-0.4, -0.2) is 35.6 Å². The predicted octanol–water partition coefficient (Wildman–Crippen LogP) is 3.17. The normalized spacial score (nSPS) is 33.0. The summed E-state index contributed by atoms with van der Waals surface area (Å²) in [5, 5.41) is 3.68. The molecular formula is C15H30N2. The molecule has 2 fully saturated rings. The summed E-state index contributed by atoms with van der Waals surface area (Å²) >= 11 is 0. The molecule has 1 aliphatic carbocycles. The van der Waals surface area contributed by atoms with E-state index in [1.165, 1.54) is 51.5 Å². The van der Waals surface area contributed by atoms with Crippen LogP contribution in [0.1, 0.15) is 65.7 Å². The van der Waals surface area contributed by atoms with E-state index < -0.39 is 0 Å². The van der Waals surface area contributed by atoms with Crippen LogP contribution in [0.5, 0.6) is 0 Å². The van der Waals surface area contributed by atoms with Gasteiger partial charge in [-0.3, -0.25) is 4.90 Å². The molecule has 2 rings (SSSR count). The molecule has 0 aromatic heterocycles. The number of nitrogens with zero attached hydrogens (tertiary/aromatic N) is 1. The summed E-state index contributed by atoms with van der Waals surface area (Å²) in [5.41, 5.74) is 0.333. The molecule has 1 saturated heterocycles. The van der Waals surface area contributed by atoms with Gasteiger partial charge in [-0.25, -0.2) is 0 Å². The third-order valence-corrected chi connectivity index (χ3v) is 4.73. The van der Waals surface area contributed by atoms with Crippen molar-refractivity contribution in [3.8, 4) is 0 Å². The molecule has 0 aromatic rings. The zero-order chi connectivity index (χ0) is 12.3. The maximum Gasteiger partial charge on any atom is 0.0280 e. The van der Waals surface area contributed by atoms with E-state index >= 15 is 0 Å².